The van der Waals surface area contributed by atoms with Gasteiger partial charge in [0.15, 0.2) is 0 Å². The molecule has 6 fully saturated rings. The van der Waals surface area contributed by atoms with Gasteiger partial charge in [-0.25, -0.2) is 4.79 Å². The molecule has 1 aliphatic heterocycles. The zero-order chi connectivity index (χ0) is 29.8. The fraction of sp³-hybridized carbons (Fsp3) is 0.750. The molecule has 7 rings (SSSR count). The van der Waals surface area contributed by atoms with Crippen LogP contribution in [0.15, 0.2) is 24.3 Å². The summed E-state index contributed by atoms with van der Waals surface area (Å²) in [5, 5.41) is 28.4. The van der Waals surface area contributed by atoms with E-state index in [4.69, 9.17) is 18.9 Å². The van der Waals surface area contributed by atoms with Crippen LogP contribution in [-0.4, -0.2) is 103 Å². The van der Waals surface area contributed by atoms with Gasteiger partial charge in [-0.2, -0.15) is 0 Å². The number of esters is 1. The third-order valence-corrected chi connectivity index (χ3v) is 12.6. The minimum atomic E-state index is -1.48. The Morgan fingerprint density at radius 3 is 2.50 bits per heavy atom. The molecule has 10 nitrogen and oxygen atoms in total. The molecule has 1 amide bonds. The van der Waals surface area contributed by atoms with Crippen molar-refractivity contribution in [3.8, 4) is 0 Å². The average Bonchev–Trinajstić information content (AvgIpc) is 3.39. The van der Waals surface area contributed by atoms with Crippen LogP contribution in [0.4, 0.5) is 5.69 Å². The summed E-state index contributed by atoms with van der Waals surface area (Å²) in [5.41, 5.74) is -3.57. The van der Waals surface area contributed by atoms with E-state index < -0.39 is 34.3 Å². The molecule has 12 atom stereocenters. The topological polar surface area (TPSA) is 127 Å². The monoisotopic (exact) mass is 584 g/mol. The summed E-state index contributed by atoms with van der Waals surface area (Å²) in [6.45, 7) is 4.79. The number of likely N-dealkylation sites (tertiary alicyclic amines) is 1. The van der Waals surface area contributed by atoms with Crippen LogP contribution in [0.25, 0.3) is 0 Å². The lowest BCUT2D eigenvalue weighted by Gasteiger charge is -2.70. The molecule has 42 heavy (non-hydrogen) atoms. The zero-order valence-corrected chi connectivity index (χ0v) is 25.2. The van der Waals surface area contributed by atoms with E-state index in [1.54, 1.807) is 45.6 Å². The van der Waals surface area contributed by atoms with Gasteiger partial charge in [0.25, 0.3) is 0 Å². The van der Waals surface area contributed by atoms with E-state index in [-0.39, 0.29) is 47.8 Å². The molecule has 3 N–H and O–H groups in total. The Balaban J connectivity index is 1.38. The van der Waals surface area contributed by atoms with Crippen molar-refractivity contribution >= 4 is 17.6 Å². The van der Waals surface area contributed by atoms with E-state index in [0.29, 0.717) is 56.4 Å². The van der Waals surface area contributed by atoms with Crippen molar-refractivity contribution in [3.05, 3.63) is 29.8 Å². The van der Waals surface area contributed by atoms with Gasteiger partial charge in [0.1, 0.15) is 16.8 Å². The molecule has 1 aromatic rings. The Labute approximate surface area is 247 Å². The maximum Gasteiger partial charge on any atom is 0.340 e. The summed E-state index contributed by atoms with van der Waals surface area (Å²) in [5.74, 6) is -1.54. The van der Waals surface area contributed by atoms with Crippen molar-refractivity contribution in [1.29, 1.82) is 0 Å². The predicted octanol–water partition coefficient (Wildman–Crippen LogP) is 2.22. The van der Waals surface area contributed by atoms with Gasteiger partial charge in [-0.1, -0.05) is 19.1 Å². The normalized spacial score (nSPS) is 48.2. The standard InChI is InChI=1S/C32H44N2O8/c1-6-34-16-29(42-28(36)18-9-7-8-10-21(18)33-17(2)35)12-11-25(40-4)31-23(29)14-20(26(31)34)30(37)15-22(39-3)19-13-24(31)32(30,38)27(19)41-5/h7-10,19-20,22-27,37-38H,6,11-16H2,1-5H3,(H,33,35)/t19-,20+,22-,23-,24-,25-,26+,27-,29+,30-,31-,32-/m0/s1. The average molecular weight is 585 g/mol. The molecule has 1 aromatic carbocycles. The Kier molecular flexibility index (Phi) is 6.46. The van der Waals surface area contributed by atoms with Gasteiger partial charge in [-0.15, -0.1) is 0 Å². The van der Waals surface area contributed by atoms with Crippen LogP contribution >= 0.6 is 0 Å². The zero-order valence-electron chi connectivity index (χ0n) is 25.2. The van der Waals surface area contributed by atoms with Gasteiger partial charge in [0.05, 0.1) is 29.6 Å². The number of hydrogen-bond acceptors (Lipinski definition) is 9. The first kappa shape index (κ1) is 28.7. The largest absolute Gasteiger partial charge is 0.454 e. The summed E-state index contributed by atoms with van der Waals surface area (Å²) >= 11 is 0. The molecule has 0 unspecified atom stereocenters. The molecule has 5 saturated carbocycles. The first-order valence-corrected chi connectivity index (χ1v) is 15.4. The number of amides is 1. The van der Waals surface area contributed by atoms with Gasteiger partial charge >= 0.3 is 5.97 Å². The summed E-state index contributed by atoms with van der Waals surface area (Å²) in [4.78, 5) is 28.3. The highest BCUT2D eigenvalue weighted by atomic mass is 16.6. The summed E-state index contributed by atoms with van der Waals surface area (Å²) in [6, 6.07) is 6.89. The number of carbonyl (C=O) groups excluding carboxylic acids is 2. The molecule has 1 saturated heterocycles. The summed E-state index contributed by atoms with van der Waals surface area (Å²) < 4.78 is 25.1. The molecule has 5 aliphatic carbocycles. The van der Waals surface area contributed by atoms with Crippen LogP contribution in [0.2, 0.25) is 0 Å². The summed E-state index contributed by atoms with van der Waals surface area (Å²) in [6.07, 6.45) is 1.91. The molecule has 0 radical (unpaired) electrons. The van der Waals surface area contributed by atoms with Gasteiger partial charge in [-0.3, -0.25) is 9.69 Å². The Morgan fingerprint density at radius 1 is 1.07 bits per heavy atom. The van der Waals surface area contributed by atoms with Gasteiger partial charge in [0.2, 0.25) is 5.91 Å². The van der Waals surface area contributed by atoms with E-state index in [1.165, 1.54) is 6.92 Å². The van der Waals surface area contributed by atoms with Gasteiger partial charge in [-0.05, 0) is 44.4 Å². The SMILES string of the molecule is CCN1C[C@]2(OC(=O)c3ccccc3NC(C)=O)CC[C@H](OC)[C@]34[C@H]1[C@@H](C[C@@H]23)[C@@]1(O)C[C@H](OC)[C@@H]2C[C@@H]4[C@]1(O)[C@H]2OC. The van der Waals surface area contributed by atoms with Crippen LogP contribution < -0.4 is 5.32 Å². The van der Waals surface area contributed by atoms with Crippen molar-refractivity contribution in [2.24, 2.45) is 29.1 Å². The van der Waals surface area contributed by atoms with Crippen molar-refractivity contribution < 1.29 is 38.7 Å². The van der Waals surface area contributed by atoms with Crippen LogP contribution in [0.5, 0.6) is 0 Å². The van der Waals surface area contributed by atoms with Crippen LogP contribution in [0.3, 0.4) is 0 Å². The number of methoxy groups -OCH3 is 3. The quantitative estimate of drug-likeness (QED) is 0.414. The van der Waals surface area contributed by atoms with Crippen molar-refractivity contribution in [3.63, 3.8) is 0 Å². The van der Waals surface area contributed by atoms with E-state index in [9.17, 15) is 19.8 Å². The summed E-state index contributed by atoms with van der Waals surface area (Å²) in [7, 11) is 5.05. The Morgan fingerprint density at radius 2 is 1.83 bits per heavy atom. The highest BCUT2D eigenvalue weighted by molar-refractivity contribution is 6.00. The third kappa shape index (κ3) is 3.21. The van der Waals surface area contributed by atoms with Gasteiger partial charge < -0.3 is 34.5 Å². The molecule has 230 valence electrons. The minimum absolute atomic E-state index is 0.0432. The number of rotatable bonds is 7. The number of anilines is 1. The number of piperidine rings is 1. The number of para-hydroxylation sites is 1. The molecular weight excluding hydrogens is 540 g/mol. The number of carbonyl (C=O) groups is 2. The molecule has 1 heterocycles. The molecule has 6 aliphatic rings. The lowest BCUT2D eigenvalue weighted by molar-refractivity contribution is -0.337. The second-order valence-electron chi connectivity index (χ2n) is 13.7. The third-order valence-electron chi connectivity index (χ3n) is 12.6. The molecule has 0 aromatic heterocycles. The fourth-order valence-corrected chi connectivity index (χ4v) is 11.6. The highest BCUT2D eigenvalue weighted by Gasteiger charge is 2.89. The van der Waals surface area contributed by atoms with Crippen molar-refractivity contribution in [2.45, 2.75) is 87.1 Å². The molecule has 7 bridgehead atoms. The van der Waals surface area contributed by atoms with Crippen molar-refractivity contribution in [2.75, 3.05) is 39.7 Å². The number of hydrogen-bond donors (Lipinski definition) is 3. The number of nitrogens with zero attached hydrogens (tertiary/aromatic N) is 1. The minimum Gasteiger partial charge on any atom is -0.454 e. The number of likely N-dealkylation sites (N-methyl/N-ethyl adjacent to an activating group) is 1. The highest BCUT2D eigenvalue weighted by Crippen LogP contribution is 2.79. The molecule has 1 spiro atoms. The molecule has 10 heteroatoms. The van der Waals surface area contributed by atoms with E-state index in [0.717, 1.165) is 0 Å². The molecular formula is C32H44N2O8. The number of nitrogens with one attached hydrogen (secondary N) is 1. The lowest BCUT2D eigenvalue weighted by Crippen LogP contribution is -2.83. The second-order valence-corrected chi connectivity index (χ2v) is 13.7. The second kappa shape index (κ2) is 9.46. The Bertz CT molecular complexity index is 1290. The smallest absolute Gasteiger partial charge is 0.340 e. The maximum absolute atomic E-state index is 14.0. The predicted molar refractivity (Wildman–Crippen MR) is 152 cm³/mol. The number of aliphatic hydroxyl groups is 2. The first-order chi connectivity index (χ1) is 20.1. The van der Waals surface area contributed by atoms with Crippen LogP contribution in [0, 0.1) is 29.1 Å². The Hall–Kier alpha value is -2.08. The lowest BCUT2D eigenvalue weighted by atomic mass is 9.44. The maximum atomic E-state index is 14.0. The van der Waals surface area contributed by atoms with Crippen LogP contribution in [-0.2, 0) is 23.7 Å². The fourth-order valence-electron chi connectivity index (χ4n) is 11.6. The van der Waals surface area contributed by atoms with Crippen molar-refractivity contribution in [1.82, 2.24) is 4.90 Å². The van der Waals surface area contributed by atoms with Crippen LogP contribution in [0.1, 0.15) is 56.3 Å². The number of fused-ring (bicyclic) bond motifs is 2. The van der Waals surface area contributed by atoms with Gasteiger partial charge in [0, 0.05) is 76.3 Å². The van der Waals surface area contributed by atoms with E-state index in [1.807, 2.05) is 0 Å². The first-order valence-electron chi connectivity index (χ1n) is 15.4. The number of benzene rings is 1. The van der Waals surface area contributed by atoms with E-state index >= 15 is 0 Å². The number of ether oxygens (including phenoxy) is 4. The van der Waals surface area contributed by atoms with E-state index in [2.05, 4.69) is 17.1 Å².